The normalized spacial score (nSPS) is 15.7. The van der Waals surface area contributed by atoms with Crippen molar-refractivity contribution in [3.05, 3.63) is 61.1 Å². The number of hydrogen-bond acceptors (Lipinski definition) is 5. The largest absolute Gasteiger partial charge is 0.370 e. The van der Waals surface area contributed by atoms with Crippen LogP contribution in [0, 0.1) is 24.3 Å². The summed E-state index contributed by atoms with van der Waals surface area (Å²) in [5, 5.41) is 9.62. The van der Waals surface area contributed by atoms with Gasteiger partial charge >= 0.3 is 0 Å². The van der Waals surface area contributed by atoms with Gasteiger partial charge in [0.15, 0.2) is 5.82 Å². The molecule has 0 aliphatic carbocycles. The van der Waals surface area contributed by atoms with E-state index < -0.39 is 11.9 Å². The summed E-state index contributed by atoms with van der Waals surface area (Å²) >= 11 is 3.99. The van der Waals surface area contributed by atoms with E-state index in [0.717, 1.165) is 31.2 Å². The summed E-state index contributed by atoms with van der Waals surface area (Å²) in [7, 11) is 0. The third-order valence-electron chi connectivity index (χ3n) is 4.75. The summed E-state index contributed by atoms with van der Waals surface area (Å²) < 4.78 is 3.18. The zero-order valence-electron chi connectivity index (χ0n) is 15.2. The van der Waals surface area contributed by atoms with Crippen LogP contribution in [-0.4, -0.2) is 26.4 Å². The van der Waals surface area contributed by atoms with Crippen LogP contribution < -0.4 is 5.73 Å². The second kappa shape index (κ2) is 6.83. The average molecular weight is 491 g/mol. The number of carbonyl (C=O) groups excluding carboxylic acids is 1. The van der Waals surface area contributed by atoms with Gasteiger partial charge in [-0.2, -0.15) is 0 Å². The molecular formula is C19H18IN5OS. The first-order valence-corrected chi connectivity index (χ1v) is 10.4. The molecule has 0 saturated heterocycles. The maximum Gasteiger partial charge on any atom is 0.220 e. The van der Waals surface area contributed by atoms with E-state index >= 15 is 0 Å². The lowest BCUT2D eigenvalue weighted by Crippen LogP contribution is -2.17. The molecule has 0 spiro atoms. The standard InChI is InChI=1S/C19H18IN5OS/c1-9-10(2)27-19-16(9)17(12-4-6-13(20)7-5-12)22-14(8-15(21)26)18-24-23-11(3)25(18)19/h4-7,14H,8H2,1-3H3,(H2,21,26)/t14-/m0/s1. The first-order valence-electron chi connectivity index (χ1n) is 8.51. The number of primary amides is 1. The Labute approximate surface area is 174 Å². The summed E-state index contributed by atoms with van der Waals surface area (Å²) in [6.07, 6.45) is 0.0962. The predicted molar refractivity (Wildman–Crippen MR) is 115 cm³/mol. The van der Waals surface area contributed by atoms with E-state index in [0.29, 0.717) is 5.82 Å². The number of rotatable bonds is 3. The lowest BCUT2D eigenvalue weighted by Gasteiger charge is -2.11. The maximum absolute atomic E-state index is 11.7. The van der Waals surface area contributed by atoms with E-state index in [1.165, 1.54) is 10.4 Å². The number of amides is 1. The molecule has 1 amide bonds. The quantitative estimate of drug-likeness (QED) is 0.568. The van der Waals surface area contributed by atoms with Crippen LogP contribution in [0.3, 0.4) is 0 Å². The Morgan fingerprint density at radius 2 is 1.93 bits per heavy atom. The van der Waals surface area contributed by atoms with Gasteiger partial charge in [0, 0.05) is 19.6 Å². The van der Waals surface area contributed by atoms with Gasteiger partial charge in [-0.25, -0.2) is 0 Å². The number of carbonyl (C=O) groups is 1. The highest BCUT2D eigenvalue weighted by Crippen LogP contribution is 2.39. The first kappa shape index (κ1) is 18.3. The fraction of sp³-hybridized carbons (Fsp3) is 0.263. The molecule has 138 valence electrons. The van der Waals surface area contributed by atoms with Crippen LogP contribution in [-0.2, 0) is 4.79 Å². The second-order valence-electron chi connectivity index (χ2n) is 6.58. The molecule has 3 aromatic rings. The minimum atomic E-state index is -0.461. The molecule has 3 heterocycles. The van der Waals surface area contributed by atoms with E-state index in [1.54, 1.807) is 11.3 Å². The van der Waals surface area contributed by atoms with Gasteiger partial charge in [0.25, 0.3) is 0 Å². The van der Waals surface area contributed by atoms with Crippen LogP contribution in [0.1, 0.15) is 45.7 Å². The molecule has 0 fully saturated rings. The molecule has 6 nitrogen and oxygen atoms in total. The number of thiophene rings is 1. The van der Waals surface area contributed by atoms with Crippen LogP contribution in [0.15, 0.2) is 29.3 Å². The topological polar surface area (TPSA) is 86.2 Å². The zero-order valence-corrected chi connectivity index (χ0v) is 18.1. The number of aliphatic imine (C=N–C) groups is 1. The zero-order chi connectivity index (χ0) is 19.3. The number of aromatic nitrogens is 3. The third-order valence-corrected chi connectivity index (χ3v) is 6.66. The van der Waals surface area contributed by atoms with Crippen molar-refractivity contribution in [2.24, 2.45) is 10.7 Å². The van der Waals surface area contributed by atoms with Gasteiger partial charge in [-0.05, 0) is 61.1 Å². The Hall–Kier alpha value is -2.07. The Kier molecular flexibility index (Phi) is 4.63. The molecule has 0 saturated carbocycles. The predicted octanol–water partition coefficient (Wildman–Crippen LogP) is 3.63. The SMILES string of the molecule is Cc1sc2c(c1C)C(c1ccc(I)cc1)=N[C@@H](CC(N)=O)c1nnc(C)n1-2. The van der Waals surface area contributed by atoms with Gasteiger partial charge in [-0.15, -0.1) is 21.5 Å². The van der Waals surface area contributed by atoms with Crippen LogP contribution in [0.4, 0.5) is 0 Å². The Morgan fingerprint density at radius 1 is 1.22 bits per heavy atom. The summed E-state index contributed by atoms with van der Waals surface area (Å²) in [4.78, 5) is 17.9. The molecule has 27 heavy (non-hydrogen) atoms. The average Bonchev–Trinajstić information content (AvgIpc) is 3.08. The molecule has 4 rings (SSSR count). The van der Waals surface area contributed by atoms with Crippen molar-refractivity contribution in [3.63, 3.8) is 0 Å². The van der Waals surface area contributed by atoms with Crippen molar-refractivity contribution >= 4 is 45.5 Å². The van der Waals surface area contributed by atoms with Crippen LogP contribution in [0.5, 0.6) is 0 Å². The van der Waals surface area contributed by atoms with Gasteiger partial charge < -0.3 is 5.73 Å². The lowest BCUT2D eigenvalue weighted by molar-refractivity contribution is -0.118. The number of benzene rings is 1. The van der Waals surface area contributed by atoms with Crippen molar-refractivity contribution in [2.75, 3.05) is 0 Å². The van der Waals surface area contributed by atoms with E-state index in [4.69, 9.17) is 10.7 Å². The van der Waals surface area contributed by atoms with Gasteiger partial charge in [0.1, 0.15) is 16.9 Å². The highest BCUT2D eigenvalue weighted by Gasteiger charge is 2.31. The van der Waals surface area contributed by atoms with Gasteiger partial charge in [-0.3, -0.25) is 14.4 Å². The number of halogens is 1. The van der Waals surface area contributed by atoms with Crippen molar-refractivity contribution in [3.8, 4) is 5.00 Å². The minimum absolute atomic E-state index is 0.0962. The number of hydrogen-bond donors (Lipinski definition) is 1. The minimum Gasteiger partial charge on any atom is -0.370 e. The Morgan fingerprint density at radius 3 is 2.59 bits per heavy atom. The van der Waals surface area contributed by atoms with E-state index in [2.05, 4.69) is 70.9 Å². The van der Waals surface area contributed by atoms with Crippen molar-refractivity contribution in [1.29, 1.82) is 0 Å². The van der Waals surface area contributed by atoms with Crippen molar-refractivity contribution in [2.45, 2.75) is 33.2 Å². The van der Waals surface area contributed by atoms with Gasteiger partial charge in [0.05, 0.1) is 12.1 Å². The molecule has 2 N–H and O–H groups in total. The van der Waals surface area contributed by atoms with E-state index in [-0.39, 0.29) is 6.42 Å². The van der Waals surface area contributed by atoms with Crippen molar-refractivity contribution in [1.82, 2.24) is 14.8 Å². The molecule has 1 aliphatic rings. The fourth-order valence-electron chi connectivity index (χ4n) is 3.32. The lowest BCUT2D eigenvalue weighted by atomic mass is 10.00. The summed E-state index contributed by atoms with van der Waals surface area (Å²) in [6.45, 7) is 6.14. The summed E-state index contributed by atoms with van der Waals surface area (Å²) in [5.41, 5.74) is 9.67. The van der Waals surface area contributed by atoms with Crippen LogP contribution in [0.25, 0.3) is 5.00 Å². The molecule has 0 bridgehead atoms. The molecule has 0 unspecified atom stereocenters. The third kappa shape index (κ3) is 3.10. The monoisotopic (exact) mass is 491 g/mol. The van der Waals surface area contributed by atoms with Crippen molar-refractivity contribution < 1.29 is 4.79 Å². The summed E-state index contributed by atoms with van der Waals surface area (Å²) in [5.74, 6) is 1.03. The smallest absolute Gasteiger partial charge is 0.220 e. The molecule has 0 radical (unpaired) electrons. The number of aryl methyl sites for hydroxylation is 2. The maximum atomic E-state index is 11.7. The van der Waals surface area contributed by atoms with Gasteiger partial charge in [-0.1, -0.05) is 12.1 Å². The van der Waals surface area contributed by atoms with Gasteiger partial charge in [0.2, 0.25) is 5.91 Å². The van der Waals surface area contributed by atoms with Crippen LogP contribution in [0.2, 0.25) is 0 Å². The molecule has 1 atom stereocenters. The summed E-state index contributed by atoms with van der Waals surface area (Å²) in [6, 6.07) is 7.80. The molecule has 8 heteroatoms. The van der Waals surface area contributed by atoms with E-state index in [1.807, 2.05) is 11.5 Å². The Bertz CT molecular complexity index is 1080. The molecular weight excluding hydrogens is 473 g/mol. The first-order chi connectivity index (χ1) is 12.9. The van der Waals surface area contributed by atoms with E-state index in [9.17, 15) is 4.79 Å². The molecule has 2 aromatic heterocycles. The van der Waals surface area contributed by atoms with Crippen LogP contribution >= 0.6 is 33.9 Å². The number of nitrogens with zero attached hydrogens (tertiary/aromatic N) is 4. The number of fused-ring (bicyclic) bond motifs is 3. The highest BCUT2D eigenvalue weighted by atomic mass is 127. The fourth-order valence-corrected chi connectivity index (χ4v) is 4.90. The molecule has 1 aromatic carbocycles. The number of nitrogens with two attached hydrogens (primary N) is 1. The molecule has 1 aliphatic heterocycles. The highest BCUT2D eigenvalue weighted by molar-refractivity contribution is 14.1. The Balaban J connectivity index is 2.04. The second-order valence-corrected chi connectivity index (χ2v) is 9.02.